The van der Waals surface area contributed by atoms with Crippen LogP contribution in [0.4, 0.5) is 5.82 Å². The Balaban J connectivity index is 1.58. The Morgan fingerprint density at radius 3 is 2.79 bits per heavy atom. The number of para-hydroxylation sites is 1. The third-order valence-corrected chi connectivity index (χ3v) is 6.35. The zero-order chi connectivity index (χ0) is 22.5. The van der Waals surface area contributed by atoms with E-state index in [0.717, 1.165) is 30.6 Å². The summed E-state index contributed by atoms with van der Waals surface area (Å²) in [7, 11) is 0. The Kier molecular flexibility index (Phi) is 4.26. The Bertz CT molecular complexity index is 1610. The first-order valence-electron chi connectivity index (χ1n) is 10.9. The molecule has 9 nitrogen and oxygen atoms in total. The fourth-order valence-electron chi connectivity index (χ4n) is 4.63. The largest absolute Gasteiger partial charge is 0.345 e. The molecule has 5 aromatic rings. The minimum atomic E-state index is -0.172. The second-order valence-corrected chi connectivity index (χ2v) is 8.05. The molecule has 1 fully saturated rings. The maximum Gasteiger partial charge on any atom is 0.282 e. The number of nitrogens with zero attached hydrogens (tertiary/aromatic N) is 7. The molecule has 1 aromatic carbocycles. The average Bonchev–Trinajstić information content (AvgIpc) is 3.43. The van der Waals surface area contributed by atoms with E-state index in [1.165, 1.54) is 6.33 Å². The fourth-order valence-corrected chi connectivity index (χ4v) is 4.63. The van der Waals surface area contributed by atoms with Gasteiger partial charge in [0.05, 0.1) is 22.7 Å². The number of aromatic amines is 1. The summed E-state index contributed by atoms with van der Waals surface area (Å²) in [6.07, 6.45) is 6.55. The van der Waals surface area contributed by atoms with Gasteiger partial charge >= 0.3 is 0 Å². The number of hydrogen-bond donors (Lipinski definition) is 1. The van der Waals surface area contributed by atoms with Crippen molar-refractivity contribution in [3.8, 4) is 11.8 Å². The van der Waals surface area contributed by atoms with Crippen molar-refractivity contribution >= 4 is 22.4 Å². The Labute approximate surface area is 188 Å². The quantitative estimate of drug-likeness (QED) is 0.464. The molecule has 0 bridgehead atoms. The van der Waals surface area contributed by atoms with E-state index in [4.69, 9.17) is 5.10 Å². The maximum atomic E-state index is 13.8. The van der Waals surface area contributed by atoms with Crippen molar-refractivity contribution in [2.75, 3.05) is 11.4 Å². The molecule has 5 heterocycles. The summed E-state index contributed by atoms with van der Waals surface area (Å²) in [6.45, 7) is 2.77. The smallest absolute Gasteiger partial charge is 0.282 e. The van der Waals surface area contributed by atoms with E-state index in [9.17, 15) is 10.1 Å². The van der Waals surface area contributed by atoms with Crippen LogP contribution in [0.2, 0.25) is 0 Å². The number of benzene rings is 1. The molecule has 0 amide bonds. The molecule has 4 aromatic heterocycles. The third kappa shape index (κ3) is 2.77. The lowest BCUT2D eigenvalue weighted by atomic mass is 10.0. The van der Waals surface area contributed by atoms with Crippen LogP contribution < -0.4 is 10.5 Å². The van der Waals surface area contributed by atoms with Gasteiger partial charge in [-0.3, -0.25) is 9.36 Å². The lowest BCUT2D eigenvalue weighted by Crippen LogP contribution is -2.45. The van der Waals surface area contributed by atoms with Gasteiger partial charge in [0.2, 0.25) is 0 Å². The van der Waals surface area contributed by atoms with Crippen LogP contribution in [-0.4, -0.2) is 35.7 Å². The number of H-pyrrole nitrogens is 1. The maximum absolute atomic E-state index is 13.8. The molecule has 1 aliphatic heterocycles. The number of hydrogen-bond acceptors (Lipinski definition) is 6. The Hall–Kier alpha value is -4.45. The highest BCUT2D eigenvalue weighted by Gasteiger charge is 2.37. The van der Waals surface area contributed by atoms with E-state index in [2.05, 4.69) is 25.9 Å². The number of aromatic nitrogens is 6. The summed E-state index contributed by atoms with van der Waals surface area (Å²) in [5, 5.41) is 15.2. The normalized spacial score (nSPS) is 15.6. The first-order valence-corrected chi connectivity index (χ1v) is 10.9. The molecule has 9 heteroatoms. The van der Waals surface area contributed by atoms with Crippen LogP contribution in [0.15, 0.2) is 59.9 Å². The van der Waals surface area contributed by atoms with Gasteiger partial charge in [0.15, 0.2) is 5.82 Å². The molecule has 0 spiro atoms. The number of nitrogens with one attached hydrogen (secondary N) is 1. The predicted molar refractivity (Wildman–Crippen MR) is 123 cm³/mol. The van der Waals surface area contributed by atoms with Crippen molar-refractivity contribution in [1.82, 2.24) is 29.1 Å². The molecule has 1 saturated heterocycles. The van der Waals surface area contributed by atoms with Crippen LogP contribution >= 0.6 is 0 Å². The van der Waals surface area contributed by atoms with Crippen molar-refractivity contribution < 1.29 is 0 Å². The monoisotopic (exact) mass is 436 g/mol. The summed E-state index contributed by atoms with van der Waals surface area (Å²) in [5.41, 5.74) is 3.36. The van der Waals surface area contributed by atoms with Gasteiger partial charge in [-0.1, -0.05) is 25.1 Å². The molecule has 0 unspecified atom stereocenters. The van der Waals surface area contributed by atoms with E-state index in [1.807, 2.05) is 49.5 Å². The topological polar surface area (TPSA) is 108 Å². The van der Waals surface area contributed by atoms with E-state index >= 15 is 0 Å². The first-order chi connectivity index (χ1) is 16.2. The molecule has 1 atom stereocenters. The highest BCUT2D eigenvalue weighted by molar-refractivity contribution is 5.93. The first kappa shape index (κ1) is 19.3. The van der Waals surface area contributed by atoms with Crippen molar-refractivity contribution in [3.05, 3.63) is 82.4 Å². The van der Waals surface area contributed by atoms with E-state index in [-0.39, 0.29) is 11.6 Å². The summed E-state index contributed by atoms with van der Waals surface area (Å²) >= 11 is 0. The van der Waals surface area contributed by atoms with Gasteiger partial charge in [-0.15, -0.1) is 0 Å². The summed E-state index contributed by atoms with van der Waals surface area (Å²) in [5.74, 6) is 1.31. The predicted octanol–water partition coefficient (Wildman–Crippen LogP) is 3.14. The zero-order valence-corrected chi connectivity index (χ0v) is 17.9. The van der Waals surface area contributed by atoms with E-state index in [0.29, 0.717) is 33.8 Å². The second-order valence-electron chi connectivity index (χ2n) is 8.05. The zero-order valence-electron chi connectivity index (χ0n) is 17.9. The highest BCUT2D eigenvalue weighted by atomic mass is 16.1. The number of fused-ring (bicyclic) bond motifs is 2. The third-order valence-electron chi connectivity index (χ3n) is 6.35. The fraction of sp³-hybridized carbons (Fsp3) is 0.208. The molecule has 33 heavy (non-hydrogen) atoms. The van der Waals surface area contributed by atoms with Gasteiger partial charge in [-0.05, 0) is 36.6 Å². The van der Waals surface area contributed by atoms with Crippen LogP contribution in [0.3, 0.4) is 0 Å². The number of anilines is 1. The van der Waals surface area contributed by atoms with Crippen molar-refractivity contribution in [2.45, 2.75) is 25.8 Å². The molecule has 1 aliphatic rings. The van der Waals surface area contributed by atoms with Crippen LogP contribution in [0.1, 0.15) is 36.3 Å². The van der Waals surface area contributed by atoms with Gasteiger partial charge in [0.25, 0.3) is 5.56 Å². The number of aryl methyl sites for hydroxylation is 1. The molecule has 0 radical (unpaired) electrons. The van der Waals surface area contributed by atoms with Crippen LogP contribution in [0.5, 0.6) is 0 Å². The van der Waals surface area contributed by atoms with Crippen LogP contribution in [0, 0.1) is 11.3 Å². The minimum Gasteiger partial charge on any atom is -0.345 e. The van der Waals surface area contributed by atoms with Crippen LogP contribution in [0.25, 0.3) is 22.2 Å². The molecule has 0 aliphatic carbocycles. The second kappa shape index (κ2) is 7.31. The van der Waals surface area contributed by atoms with Crippen molar-refractivity contribution in [3.63, 3.8) is 0 Å². The summed E-state index contributed by atoms with van der Waals surface area (Å²) < 4.78 is 3.41. The standard InChI is InChI=1S/C24H20N8O/c1-2-15-8-11-31-20(15)24(33)32(17-6-4-3-5-7-17)22(29-31)18-9-10-30(18)23-19-16(12-25)13-26-21(19)27-14-28-23/h3-8,11,13-14,18H,2,9-10H2,1H3,(H,26,27,28)/t18-/m0/s1. The average molecular weight is 436 g/mol. The highest BCUT2D eigenvalue weighted by Crippen LogP contribution is 2.39. The van der Waals surface area contributed by atoms with E-state index < -0.39 is 0 Å². The Morgan fingerprint density at radius 1 is 1.21 bits per heavy atom. The Morgan fingerprint density at radius 2 is 2.06 bits per heavy atom. The van der Waals surface area contributed by atoms with Crippen molar-refractivity contribution in [2.24, 2.45) is 0 Å². The minimum absolute atomic E-state index is 0.0907. The van der Waals surface area contributed by atoms with E-state index in [1.54, 1.807) is 15.3 Å². The van der Waals surface area contributed by atoms with Gasteiger partial charge in [-0.2, -0.15) is 10.4 Å². The molecular weight excluding hydrogens is 416 g/mol. The number of rotatable bonds is 4. The van der Waals surface area contributed by atoms with Gasteiger partial charge in [0, 0.05) is 18.9 Å². The lowest BCUT2D eigenvalue weighted by Gasteiger charge is -2.42. The molecule has 0 saturated carbocycles. The molecular formula is C24H20N8O. The summed E-state index contributed by atoms with van der Waals surface area (Å²) in [4.78, 5) is 27.7. The summed E-state index contributed by atoms with van der Waals surface area (Å²) in [6, 6.07) is 13.6. The van der Waals surface area contributed by atoms with Crippen LogP contribution in [-0.2, 0) is 6.42 Å². The lowest BCUT2D eigenvalue weighted by molar-refractivity contribution is 0.424. The van der Waals surface area contributed by atoms with Gasteiger partial charge in [0.1, 0.15) is 29.4 Å². The molecule has 162 valence electrons. The van der Waals surface area contributed by atoms with Gasteiger partial charge in [-0.25, -0.2) is 14.5 Å². The molecule has 6 rings (SSSR count). The van der Waals surface area contributed by atoms with Crippen molar-refractivity contribution in [1.29, 1.82) is 5.26 Å². The van der Waals surface area contributed by atoms with Gasteiger partial charge < -0.3 is 9.88 Å². The SMILES string of the molecule is CCc1ccn2nc([C@@H]3CCN3c3ncnc4[nH]cc(C#N)c34)n(-c3ccccc3)c(=O)c12. The number of nitriles is 1. The molecule has 1 N–H and O–H groups in total.